The van der Waals surface area contributed by atoms with Crippen LogP contribution < -0.4 is 9.04 Å². The van der Waals surface area contributed by atoms with Crippen molar-refractivity contribution in [2.75, 3.05) is 11.4 Å². The Morgan fingerprint density at radius 1 is 1.00 bits per heavy atom. The summed E-state index contributed by atoms with van der Waals surface area (Å²) in [5, 5.41) is 10.3. The molecule has 0 saturated heterocycles. The number of aromatic hydroxyl groups is 1. The van der Waals surface area contributed by atoms with Gasteiger partial charge in [0.05, 0.1) is 24.4 Å². The van der Waals surface area contributed by atoms with Crippen LogP contribution in [0.3, 0.4) is 0 Å². The fourth-order valence-electron chi connectivity index (χ4n) is 2.67. The number of anilines is 1. The first-order valence-electron chi connectivity index (χ1n) is 8.21. The first kappa shape index (κ1) is 20.3. The van der Waals surface area contributed by atoms with E-state index in [1.807, 2.05) is 30.3 Å². The third-order valence-corrected chi connectivity index (χ3v) is 6.38. The van der Waals surface area contributed by atoms with Crippen molar-refractivity contribution < 1.29 is 18.3 Å². The highest BCUT2D eigenvalue weighted by atomic mass is 35.5. The predicted octanol–water partition coefficient (Wildman–Crippen LogP) is 5.10. The van der Waals surface area contributed by atoms with Crippen LogP contribution in [0.2, 0.25) is 10.0 Å². The van der Waals surface area contributed by atoms with Crippen molar-refractivity contribution in [1.82, 2.24) is 0 Å². The summed E-state index contributed by atoms with van der Waals surface area (Å²) in [5.74, 6) is 0.0482. The van der Waals surface area contributed by atoms with E-state index in [4.69, 9.17) is 27.9 Å². The van der Waals surface area contributed by atoms with Gasteiger partial charge in [-0.3, -0.25) is 4.31 Å². The van der Waals surface area contributed by atoms with Gasteiger partial charge in [0.25, 0.3) is 10.0 Å². The van der Waals surface area contributed by atoms with Gasteiger partial charge < -0.3 is 9.84 Å². The van der Waals surface area contributed by atoms with E-state index in [2.05, 4.69) is 0 Å². The Labute approximate surface area is 173 Å². The lowest BCUT2D eigenvalue weighted by atomic mass is 10.2. The van der Waals surface area contributed by atoms with Crippen molar-refractivity contribution in [3.05, 3.63) is 82.3 Å². The van der Waals surface area contributed by atoms with Crippen LogP contribution >= 0.6 is 23.2 Å². The van der Waals surface area contributed by atoms with Gasteiger partial charge in [0, 0.05) is 5.02 Å². The van der Waals surface area contributed by atoms with Gasteiger partial charge in [-0.15, -0.1) is 0 Å². The predicted molar refractivity (Wildman–Crippen MR) is 111 cm³/mol. The summed E-state index contributed by atoms with van der Waals surface area (Å²) < 4.78 is 33.2. The minimum Gasteiger partial charge on any atom is -0.505 e. The molecule has 3 aromatic rings. The Bertz CT molecular complexity index is 1070. The molecule has 3 aromatic carbocycles. The number of phenolic OH excluding ortho intramolecular Hbond substituents is 1. The zero-order valence-electron chi connectivity index (χ0n) is 14.8. The first-order valence-corrected chi connectivity index (χ1v) is 10.4. The van der Waals surface area contributed by atoms with Crippen LogP contribution in [0.5, 0.6) is 11.5 Å². The largest absolute Gasteiger partial charge is 0.505 e. The molecule has 0 fully saturated rings. The summed E-state index contributed by atoms with van der Waals surface area (Å²) >= 11 is 11.9. The molecule has 0 aromatic heterocycles. The van der Waals surface area contributed by atoms with Crippen LogP contribution in [-0.4, -0.2) is 20.6 Å². The number of hydrogen-bond acceptors (Lipinski definition) is 4. The highest BCUT2D eigenvalue weighted by Gasteiger charge is 2.29. The Balaban J connectivity index is 2.14. The van der Waals surface area contributed by atoms with Gasteiger partial charge in [0.15, 0.2) is 5.75 Å². The molecule has 28 heavy (non-hydrogen) atoms. The van der Waals surface area contributed by atoms with Crippen LogP contribution in [0.1, 0.15) is 5.56 Å². The van der Waals surface area contributed by atoms with Gasteiger partial charge in [-0.25, -0.2) is 8.42 Å². The zero-order chi connectivity index (χ0) is 20.3. The summed E-state index contributed by atoms with van der Waals surface area (Å²) in [6.45, 7) is 0.0546. The average molecular weight is 438 g/mol. The summed E-state index contributed by atoms with van der Waals surface area (Å²) in [6, 6.07) is 18.2. The highest BCUT2D eigenvalue weighted by molar-refractivity contribution is 7.93. The molecular formula is C20H17Cl2NO4S. The minimum absolute atomic E-state index is 0.0546. The van der Waals surface area contributed by atoms with Gasteiger partial charge in [0.1, 0.15) is 10.6 Å². The average Bonchev–Trinajstić information content (AvgIpc) is 2.69. The van der Waals surface area contributed by atoms with E-state index < -0.39 is 15.8 Å². The Morgan fingerprint density at radius 3 is 2.25 bits per heavy atom. The number of sulfonamides is 1. The maximum absolute atomic E-state index is 13.4. The summed E-state index contributed by atoms with van der Waals surface area (Å²) in [4.78, 5) is -0.364. The van der Waals surface area contributed by atoms with Gasteiger partial charge in [-0.1, -0.05) is 53.5 Å². The fraction of sp³-hybridized carbons (Fsp3) is 0.100. The maximum atomic E-state index is 13.4. The van der Waals surface area contributed by atoms with E-state index in [-0.39, 0.29) is 21.5 Å². The van der Waals surface area contributed by atoms with Crippen molar-refractivity contribution in [3.8, 4) is 11.5 Å². The lowest BCUT2D eigenvalue weighted by molar-refractivity contribution is 0.415. The van der Waals surface area contributed by atoms with Gasteiger partial charge >= 0.3 is 0 Å². The van der Waals surface area contributed by atoms with Crippen molar-refractivity contribution >= 4 is 38.9 Å². The fourth-order valence-corrected chi connectivity index (χ4v) is 4.87. The Hall–Kier alpha value is -2.41. The summed E-state index contributed by atoms with van der Waals surface area (Å²) in [7, 11) is -2.65. The van der Waals surface area contributed by atoms with Crippen LogP contribution in [0, 0.1) is 0 Å². The highest BCUT2D eigenvalue weighted by Crippen LogP contribution is 2.37. The van der Waals surface area contributed by atoms with Crippen LogP contribution in [0.25, 0.3) is 0 Å². The number of methoxy groups -OCH3 is 1. The smallest absolute Gasteiger partial charge is 0.268 e. The Kier molecular flexibility index (Phi) is 6.03. The van der Waals surface area contributed by atoms with Crippen molar-refractivity contribution in [3.63, 3.8) is 0 Å². The van der Waals surface area contributed by atoms with E-state index in [0.29, 0.717) is 11.4 Å². The number of benzene rings is 3. The van der Waals surface area contributed by atoms with Gasteiger partial charge in [-0.2, -0.15) is 0 Å². The molecule has 5 nitrogen and oxygen atoms in total. The topological polar surface area (TPSA) is 66.8 Å². The van der Waals surface area contributed by atoms with E-state index in [0.717, 1.165) is 5.56 Å². The second-order valence-corrected chi connectivity index (χ2v) is 8.60. The minimum atomic E-state index is -4.17. The third kappa shape index (κ3) is 4.19. The maximum Gasteiger partial charge on any atom is 0.268 e. The molecule has 0 radical (unpaired) electrons. The molecule has 0 amide bonds. The molecule has 146 valence electrons. The molecule has 0 unspecified atom stereocenters. The molecule has 0 bridgehead atoms. The molecule has 1 N–H and O–H groups in total. The number of halogens is 2. The standard InChI is InChI=1S/C20H17Cl2NO4S/c1-27-17-9-7-16(8-10-17)23(13-14-5-3-2-4-6-14)28(25,26)19-12-15(21)11-18(22)20(19)24/h2-12,24H,13H2,1H3. The van der Waals surface area contributed by atoms with E-state index in [9.17, 15) is 13.5 Å². The van der Waals surface area contributed by atoms with Crippen LogP contribution in [0.15, 0.2) is 71.6 Å². The lowest BCUT2D eigenvalue weighted by Gasteiger charge is -2.25. The van der Waals surface area contributed by atoms with Crippen molar-refractivity contribution in [2.24, 2.45) is 0 Å². The number of hydrogen-bond donors (Lipinski definition) is 1. The molecule has 3 rings (SSSR count). The molecule has 0 aliphatic carbocycles. The molecule has 0 aliphatic heterocycles. The summed E-state index contributed by atoms with van der Waals surface area (Å²) in [6.07, 6.45) is 0. The monoisotopic (exact) mass is 437 g/mol. The van der Waals surface area contributed by atoms with E-state index >= 15 is 0 Å². The number of nitrogens with zero attached hydrogens (tertiary/aromatic N) is 1. The van der Waals surface area contributed by atoms with Crippen LogP contribution in [0.4, 0.5) is 5.69 Å². The molecule has 0 spiro atoms. The third-order valence-electron chi connectivity index (χ3n) is 4.09. The first-order chi connectivity index (χ1) is 13.3. The second-order valence-electron chi connectivity index (χ2n) is 5.93. The molecule has 0 atom stereocenters. The quantitative estimate of drug-likeness (QED) is 0.581. The van der Waals surface area contributed by atoms with Crippen molar-refractivity contribution in [2.45, 2.75) is 11.4 Å². The van der Waals surface area contributed by atoms with Crippen LogP contribution in [-0.2, 0) is 16.6 Å². The van der Waals surface area contributed by atoms with E-state index in [1.54, 1.807) is 24.3 Å². The number of ether oxygens (including phenoxy) is 1. The second kappa shape index (κ2) is 8.31. The molecule has 0 aliphatic rings. The summed E-state index contributed by atoms with van der Waals surface area (Å²) in [5.41, 5.74) is 1.18. The molecular weight excluding hydrogens is 421 g/mol. The van der Waals surface area contributed by atoms with E-state index in [1.165, 1.54) is 23.5 Å². The molecule has 0 heterocycles. The van der Waals surface area contributed by atoms with Gasteiger partial charge in [0.2, 0.25) is 0 Å². The van der Waals surface area contributed by atoms with Crippen molar-refractivity contribution in [1.29, 1.82) is 0 Å². The zero-order valence-corrected chi connectivity index (χ0v) is 17.2. The molecule has 8 heteroatoms. The number of phenols is 1. The lowest BCUT2D eigenvalue weighted by Crippen LogP contribution is -2.30. The number of rotatable bonds is 6. The normalized spacial score (nSPS) is 11.2. The molecule has 0 saturated carbocycles. The SMILES string of the molecule is COc1ccc(N(Cc2ccccc2)S(=O)(=O)c2cc(Cl)cc(Cl)c2O)cc1. The van der Waals surface area contributed by atoms with Gasteiger partial charge in [-0.05, 0) is 42.0 Å². The Morgan fingerprint density at radius 2 is 1.64 bits per heavy atom.